The van der Waals surface area contributed by atoms with E-state index in [2.05, 4.69) is 42.2 Å². The third-order valence-electron chi connectivity index (χ3n) is 4.86. The molecule has 0 aliphatic heterocycles. The molecule has 142 valence electrons. The molecule has 3 aromatic rings. The molecule has 0 aromatic carbocycles. The molecule has 0 spiro atoms. The SMILES string of the molecule is CC(/C=N/c1nc(Nc2cnn(CCN(C)C)c2)nc2[nH]ccc12)C1CC1. The van der Waals surface area contributed by atoms with Crippen LogP contribution >= 0.6 is 0 Å². The lowest BCUT2D eigenvalue weighted by Gasteiger charge is -2.08. The number of hydrogen-bond acceptors (Lipinski definition) is 6. The standard InChI is InChI=1S/C19H26N8/c1-13(14-4-5-14)10-21-18-16-6-7-20-17(16)24-19(25-18)23-15-11-22-27(12-15)9-8-26(2)3/h6-7,10-14H,4-5,8-9H2,1-3H3,(H2,20,23,24,25)/b21-10+. The molecule has 8 nitrogen and oxygen atoms in total. The first-order valence-electron chi connectivity index (χ1n) is 9.42. The van der Waals surface area contributed by atoms with Crippen molar-refractivity contribution in [2.75, 3.05) is 26.0 Å². The minimum Gasteiger partial charge on any atom is -0.346 e. The number of aromatic amines is 1. The average molecular weight is 366 g/mol. The number of H-pyrrole nitrogens is 1. The largest absolute Gasteiger partial charge is 0.346 e. The van der Waals surface area contributed by atoms with Gasteiger partial charge in [0, 0.05) is 25.2 Å². The molecule has 1 saturated carbocycles. The fourth-order valence-corrected chi connectivity index (χ4v) is 2.99. The second kappa shape index (κ2) is 7.48. The van der Waals surface area contributed by atoms with Crippen LogP contribution in [0.4, 0.5) is 17.5 Å². The van der Waals surface area contributed by atoms with E-state index >= 15 is 0 Å². The first-order valence-corrected chi connectivity index (χ1v) is 9.42. The predicted molar refractivity (Wildman–Crippen MR) is 108 cm³/mol. The molecule has 27 heavy (non-hydrogen) atoms. The number of likely N-dealkylation sites (N-methyl/N-ethyl adjacent to an activating group) is 1. The van der Waals surface area contributed by atoms with Crippen LogP contribution in [-0.2, 0) is 6.54 Å². The molecule has 1 aliphatic carbocycles. The van der Waals surface area contributed by atoms with Crippen molar-refractivity contribution in [2.45, 2.75) is 26.3 Å². The maximum atomic E-state index is 4.66. The Morgan fingerprint density at radius 3 is 3.04 bits per heavy atom. The van der Waals surface area contributed by atoms with Crippen LogP contribution in [0.2, 0.25) is 0 Å². The van der Waals surface area contributed by atoms with Crippen molar-refractivity contribution >= 4 is 34.7 Å². The Labute approximate surface area is 158 Å². The normalized spacial score (nSPS) is 15.9. The number of rotatable bonds is 8. The lowest BCUT2D eigenvalue weighted by Crippen LogP contribution is -2.18. The van der Waals surface area contributed by atoms with Crippen molar-refractivity contribution in [2.24, 2.45) is 16.8 Å². The molecule has 1 fully saturated rings. The molecule has 0 amide bonds. The van der Waals surface area contributed by atoms with E-state index in [9.17, 15) is 0 Å². The molecular weight excluding hydrogens is 340 g/mol. The summed E-state index contributed by atoms with van der Waals surface area (Å²) in [6.45, 7) is 3.99. The highest BCUT2D eigenvalue weighted by Gasteiger charge is 2.26. The first kappa shape index (κ1) is 17.7. The van der Waals surface area contributed by atoms with E-state index in [1.807, 2.05) is 43.5 Å². The molecule has 0 radical (unpaired) electrons. The zero-order valence-electron chi connectivity index (χ0n) is 16.1. The third kappa shape index (κ3) is 4.33. The van der Waals surface area contributed by atoms with Gasteiger partial charge in [-0.1, -0.05) is 6.92 Å². The highest BCUT2D eigenvalue weighted by atomic mass is 15.3. The van der Waals surface area contributed by atoms with Crippen LogP contribution in [0.3, 0.4) is 0 Å². The van der Waals surface area contributed by atoms with Gasteiger partial charge in [0.05, 0.1) is 23.8 Å². The van der Waals surface area contributed by atoms with Crippen LogP contribution in [0.15, 0.2) is 29.6 Å². The van der Waals surface area contributed by atoms with Crippen molar-refractivity contribution in [3.05, 3.63) is 24.7 Å². The second-order valence-corrected chi connectivity index (χ2v) is 7.51. The zero-order chi connectivity index (χ0) is 18.8. The summed E-state index contributed by atoms with van der Waals surface area (Å²) >= 11 is 0. The number of nitrogens with one attached hydrogen (secondary N) is 2. The van der Waals surface area contributed by atoms with Crippen LogP contribution < -0.4 is 5.32 Å². The van der Waals surface area contributed by atoms with Gasteiger partial charge in [-0.3, -0.25) is 4.68 Å². The quantitative estimate of drug-likeness (QED) is 0.598. The Morgan fingerprint density at radius 1 is 1.41 bits per heavy atom. The van der Waals surface area contributed by atoms with E-state index in [1.54, 1.807) is 6.20 Å². The number of aliphatic imine (C=N–C) groups is 1. The number of fused-ring (bicyclic) bond motifs is 1. The summed E-state index contributed by atoms with van der Waals surface area (Å²) in [6, 6.07) is 1.97. The highest BCUT2D eigenvalue weighted by molar-refractivity contribution is 5.88. The molecule has 3 aromatic heterocycles. The zero-order valence-corrected chi connectivity index (χ0v) is 16.1. The van der Waals surface area contributed by atoms with Gasteiger partial charge in [-0.15, -0.1) is 0 Å². The molecule has 0 bridgehead atoms. The van der Waals surface area contributed by atoms with Crippen LogP contribution in [0, 0.1) is 11.8 Å². The Morgan fingerprint density at radius 2 is 2.26 bits per heavy atom. The smallest absolute Gasteiger partial charge is 0.231 e. The molecule has 1 aliphatic rings. The Balaban J connectivity index is 1.53. The fraction of sp³-hybridized carbons (Fsp3) is 0.474. The topological polar surface area (TPSA) is 87.0 Å². The predicted octanol–water partition coefficient (Wildman–Crippen LogP) is 3.21. The number of anilines is 2. The van der Waals surface area contributed by atoms with Gasteiger partial charge in [-0.05, 0) is 44.8 Å². The van der Waals surface area contributed by atoms with Crippen molar-refractivity contribution in [1.29, 1.82) is 0 Å². The van der Waals surface area contributed by atoms with Gasteiger partial charge in [-0.25, -0.2) is 4.99 Å². The van der Waals surface area contributed by atoms with Gasteiger partial charge in [0.25, 0.3) is 0 Å². The van der Waals surface area contributed by atoms with Crippen molar-refractivity contribution < 1.29 is 0 Å². The lowest BCUT2D eigenvalue weighted by atomic mass is 10.1. The second-order valence-electron chi connectivity index (χ2n) is 7.51. The van der Waals surface area contributed by atoms with E-state index in [-0.39, 0.29) is 0 Å². The molecule has 2 N–H and O–H groups in total. The van der Waals surface area contributed by atoms with E-state index < -0.39 is 0 Å². The van der Waals surface area contributed by atoms with Gasteiger partial charge >= 0.3 is 0 Å². The van der Waals surface area contributed by atoms with E-state index in [1.165, 1.54) is 12.8 Å². The molecular formula is C19H26N8. The maximum Gasteiger partial charge on any atom is 0.231 e. The average Bonchev–Trinajstić information content (AvgIpc) is 3.22. The van der Waals surface area contributed by atoms with Crippen LogP contribution in [-0.4, -0.2) is 56.5 Å². The van der Waals surface area contributed by atoms with E-state index in [0.29, 0.717) is 17.7 Å². The Kier molecular flexibility index (Phi) is 4.89. The third-order valence-corrected chi connectivity index (χ3v) is 4.86. The summed E-state index contributed by atoms with van der Waals surface area (Å²) in [7, 11) is 4.10. The van der Waals surface area contributed by atoms with Crippen LogP contribution in [0.5, 0.6) is 0 Å². The lowest BCUT2D eigenvalue weighted by molar-refractivity contribution is 0.373. The summed E-state index contributed by atoms with van der Waals surface area (Å²) in [5, 5.41) is 8.56. The fourth-order valence-electron chi connectivity index (χ4n) is 2.99. The van der Waals surface area contributed by atoms with Gasteiger partial charge in [0.1, 0.15) is 5.65 Å². The van der Waals surface area contributed by atoms with Crippen molar-refractivity contribution in [3.8, 4) is 0 Å². The summed E-state index contributed by atoms with van der Waals surface area (Å²) in [6.07, 6.45) is 10.3. The maximum absolute atomic E-state index is 4.66. The Hall–Kier alpha value is -2.74. The minimum absolute atomic E-state index is 0.486. The Bertz CT molecular complexity index is 934. The number of hydrogen-bond donors (Lipinski definition) is 2. The van der Waals surface area contributed by atoms with Crippen LogP contribution in [0.1, 0.15) is 19.8 Å². The minimum atomic E-state index is 0.486. The molecule has 1 unspecified atom stereocenters. The van der Waals surface area contributed by atoms with Gasteiger partial charge in [-0.2, -0.15) is 15.1 Å². The number of nitrogens with zero attached hydrogens (tertiary/aromatic N) is 6. The van der Waals surface area contributed by atoms with Crippen molar-refractivity contribution in [1.82, 2.24) is 29.6 Å². The molecule has 0 saturated heterocycles. The van der Waals surface area contributed by atoms with Crippen LogP contribution in [0.25, 0.3) is 11.0 Å². The molecule has 1 atom stereocenters. The summed E-state index contributed by atoms with van der Waals surface area (Å²) in [5.41, 5.74) is 1.64. The van der Waals surface area contributed by atoms with Crippen molar-refractivity contribution in [3.63, 3.8) is 0 Å². The first-order chi connectivity index (χ1) is 13.1. The van der Waals surface area contributed by atoms with Gasteiger partial charge in [0.2, 0.25) is 5.95 Å². The molecule has 4 rings (SSSR count). The summed E-state index contributed by atoms with van der Waals surface area (Å²) < 4.78 is 1.91. The van der Waals surface area contributed by atoms with E-state index in [4.69, 9.17) is 0 Å². The van der Waals surface area contributed by atoms with Gasteiger partial charge < -0.3 is 15.2 Å². The molecule has 8 heteroatoms. The van der Waals surface area contributed by atoms with E-state index in [0.717, 1.165) is 35.7 Å². The van der Waals surface area contributed by atoms with Gasteiger partial charge in [0.15, 0.2) is 5.82 Å². The highest BCUT2D eigenvalue weighted by Crippen LogP contribution is 2.36. The monoisotopic (exact) mass is 366 g/mol. The molecule has 3 heterocycles. The summed E-state index contributed by atoms with van der Waals surface area (Å²) in [4.78, 5) is 19.1. The number of aromatic nitrogens is 5. The summed E-state index contributed by atoms with van der Waals surface area (Å²) in [5.74, 6) is 2.47.